The molecule has 4 heteroatoms. The van der Waals surface area contributed by atoms with Crippen molar-refractivity contribution in [2.45, 2.75) is 6.92 Å². The zero-order chi connectivity index (χ0) is 16.2. The highest BCUT2D eigenvalue weighted by molar-refractivity contribution is 5.86. The van der Waals surface area contributed by atoms with Crippen LogP contribution in [0, 0.1) is 11.3 Å². The lowest BCUT2D eigenvalue weighted by molar-refractivity contribution is 0.299. The Balaban J connectivity index is 2.19. The van der Waals surface area contributed by atoms with Crippen molar-refractivity contribution >= 4 is 16.7 Å². The number of nitriles is 1. The molecule has 0 atom stereocenters. The first-order valence-electron chi connectivity index (χ1n) is 7.31. The molecule has 0 bridgehead atoms. The molecule has 1 aromatic carbocycles. The van der Waals surface area contributed by atoms with Gasteiger partial charge < -0.3 is 4.74 Å². The van der Waals surface area contributed by atoms with Gasteiger partial charge in [-0.05, 0) is 31.2 Å². The molecule has 0 aliphatic heterocycles. The fraction of sp³-hybridized carbons (Fsp3) is 0.105. The van der Waals surface area contributed by atoms with Crippen molar-refractivity contribution in [3.8, 4) is 17.3 Å². The molecule has 0 amide bonds. The fourth-order valence-electron chi connectivity index (χ4n) is 2.43. The van der Waals surface area contributed by atoms with Gasteiger partial charge >= 0.3 is 0 Å². The van der Waals surface area contributed by atoms with E-state index in [0.717, 1.165) is 22.0 Å². The molecule has 0 radical (unpaired) electrons. The third-order valence-corrected chi connectivity index (χ3v) is 3.51. The summed E-state index contributed by atoms with van der Waals surface area (Å²) in [5.74, 6) is 0.542. The molecule has 0 N–H and O–H groups in total. The second kappa shape index (κ2) is 6.29. The fourth-order valence-corrected chi connectivity index (χ4v) is 2.43. The summed E-state index contributed by atoms with van der Waals surface area (Å²) in [6, 6.07) is 15.4. The third-order valence-electron chi connectivity index (χ3n) is 3.51. The molecule has 0 unspecified atom stereocenters. The van der Waals surface area contributed by atoms with Crippen molar-refractivity contribution in [3.63, 3.8) is 0 Å². The summed E-state index contributed by atoms with van der Waals surface area (Å²) in [7, 11) is 0. The molecule has 4 nitrogen and oxygen atoms in total. The molecular weight excluding hydrogens is 286 g/mol. The number of aromatic nitrogens is 2. The van der Waals surface area contributed by atoms with E-state index in [4.69, 9.17) is 10.00 Å². The Morgan fingerprint density at radius 2 is 2.13 bits per heavy atom. The molecule has 2 heterocycles. The SMILES string of the molecule is C=C(OCC)c1ccc(C#N)nc1-c1ccc2cccnc2c1. The summed E-state index contributed by atoms with van der Waals surface area (Å²) >= 11 is 0. The van der Waals surface area contributed by atoms with Gasteiger partial charge in [-0.2, -0.15) is 5.26 Å². The van der Waals surface area contributed by atoms with E-state index in [1.807, 2.05) is 43.3 Å². The normalized spacial score (nSPS) is 10.3. The van der Waals surface area contributed by atoms with E-state index >= 15 is 0 Å². The minimum absolute atomic E-state index is 0.356. The number of ether oxygens (including phenoxy) is 1. The summed E-state index contributed by atoms with van der Waals surface area (Å²) in [6.07, 6.45) is 1.76. The van der Waals surface area contributed by atoms with Gasteiger partial charge in [0.15, 0.2) is 0 Å². The van der Waals surface area contributed by atoms with Crippen LogP contribution in [0.1, 0.15) is 18.2 Å². The van der Waals surface area contributed by atoms with Crippen LogP contribution in [0.15, 0.2) is 55.2 Å². The highest BCUT2D eigenvalue weighted by Crippen LogP contribution is 2.29. The summed E-state index contributed by atoms with van der Waals surface area (Å²) < 4.78 is 5.52. The highest BCUT2D eigenvalue weighted by Gasteiger charge is 2.13. The lowest BCUT2D eigenvalue weighted by Gasteiger charge is -2.12. The molecule has 23 heavy (non-hydrogen) atoms. The van der Waals surface area contributed by atoms with E-state index in [0.29, 0.717) is 23.8 Å². The lowest BCUT2D eigenvalue weighted by Crippen LogP contribution is -1.98. The first kappa shape index (κ1) is 14.7. The summed E-state index contributed by atoms with van der Waals surface area (Å²) in [5.41, 5.74) is 3.57. The molecule has 0 aliphatic carbocycles. The van der Waals surface area contributed by atoms with E-state index in [1.165, 1.54) is 0 Å². The van der Waals surface area contributed by atoms with E-state index in [-0.39, 0.29) is 0 Å². The van der Waals surface area contributed by atoms with Crippen LogP contribution >= 0.6 is 0 Å². The molecule has 112 valence electrons. The minimum Gasteiger partial charge on any atom is -0.494 e. The summed E-state index contributed by atoms with van der Waals surface area (Å²) in [4.78, 5) is 8.82. The van der Waals surface area contributed by atoms with Crippen LogP contribution in [-0.2, 0) is 4.74 Å². The van der Waals surface area contributed by atoms with Gasteiger partial charge in [-0.15, -0.1) is 0 Å². The highest BCUT2D eigenvalue weighted by atomic mass is 16.5. The molecule has 0 saturated carbocycles. The number of pyridine rings is 2. The maximum Gasteiger partial charge on any atom is 0.141 e. The van der Waals surface area contributed by atoms with Crippen molar-refractivity contribution in [2.75, 3.05) is 6.61 Å². The van der Waals surface area contributed by atoms with Crippen molar-refractivity contribution in [1.29, 1.82) is 5.26 Å². The second-order valence-corrected chi connectivity index (χ2v) is 4.97. The number of fused-ring (bicyclic) bond motifs is 1. The zero-order valence-electron chi connectivity index (χ0n) is 12.8. The Labute approximate surface area is 134 Å². The van der Waals surface area contributed by atoms with Gasteiger partial charge in [-0.1, -0.05) is 24.8 Å². The Hall–Kier alpha value is -3.19. The molecule has 2 aromatic heterocycles. The largest absolute Gasteiger partial charge is 0.494 e. The standard InChI is InChI=1S/C19H15N3O/c1-3-23-13(2)17-9-8-16(12-20)22-19(17)15-7-6-14-5-4-10-21-18(14)11-15/h4-11H,2-3H2,1H3. The molecule has 3 aromatic rings. The average Bonchev–Trinajstić information content (AvgIpc) is 2.61. The van der Waals surface area contributed by atoms with Gasteiger partial charge in [0.1, 0.15) is 17.5 Å². The van der Waals surface area contributed by atoms with Gasteiger partial charge in [-0.3, -0.25) is 4.98 Å². The molecule has 0 saturated heterocycles. The quantitative estimate of drug-likeness (QED) is 0.678. The Bertz CT molecular complexity index is 925. The molecule has 0 aliphatic rings. The Kier molecular flexibility index (Phi) is 4.03. The van der Waals surface area contributed by atoms with Gasteiger partial charge in [-0.25, -0.2) is 4.98 Å². The van der Waals surface area contributed by atoms with Crippen LogP contribution in [0.4, 0.5) is 0 Å². The number of nitrogens with zero attached hydrogens (tertiary/aromatic N) is 3. The summed E-state index contributed by atoms with van der Waals surface area (Å²) in [6.45, 7) is 6.39. The lowest BCUT2D eigenvalue weighted by atomic mass is 10.0. The van der Waals surface area contributed by atoms with Crippen LogP contribution in [0.25, 0.3) is 27.9 Å². The molecular formula is C19H15N3O. The van der Waals surface area contributed by atoms with E-state index in [9.17, 15) is 0 Å². The molecule has 0 spiro atoms. The third kappa shape index (κ3) is 2.90. The predicted octanol–water partition coefficient (Wildman–Crippen LogP) is 4.18. The first-order valence-corrected chi connectivity index (χ1v) is 7.31. The van der Waals surface area contributed by atoms with E-state index in [2.05, 4.69) is 22.6 Å². The zero-order valence-corrected chi connectivity index (χ0v) is 12.8. The van der Waals surface area contributed by atoms with Crippen LogP contribution in [-0.4, -0.2) is 16.6 Å². The van der Waals surface area contributed by atoms with Crippen molar-refractivity contribution in [1.82, 2.24) is 9.97 Å². The van der Waals surface area contributed by atoms with Crippen molar-refractivity contribution in [3.05, 3.63) is 66.5 Å². The van der Waals surface area contributed by atoms with E-state index in [1.54, 1.807) is 12.3 Å². The summed E-state index contributed by atoms with van der Waals surface area (Å²) in [5, 5.41) is 10.2. The van der Waals surface area contributed by atoms with Gasteiger partial charge in [0.05, 0.1) is 17.8 Å². The van der Waals surface area contributed by atoms with Gasteiger partial charge in [0.2, 0.25) is 0 Å². The number of hydrogen-bond acceptors (Lipinski definition) is 4. The van der Waals surface area contributed by atoms with Crippen molar-refractivity contribution < 1.29 is 4.74 Å². The molecule has 0 fully saturated rings. The van der Waals surface area contributed by atoms with Crippen LogP contribution < -0.4 is 0 Å². The van der Waals surface area contributed by atoms with Gasteiger partial charge in [0, 0.05) is 22.7 Å². The monoisotopic (exact) mass is 301 g/mol. The maximum atomic E-state index is 9.14. The average molecular weight is 301 g/mol. The van der Waals surface area contributed by atoms with Crippen LogP contribution in [0.2, 0.25) is 0 Å². The predicted molar refractivity (Wildman–Crippen MR) is 90.3 cm³/mol. The molecule has 3 rings (SSSR count). The number of hydrogen-bond donors (Lipinski definition) is 0. The number of benzene rings is 1. The Morgan fingerprint density at radius 3 is 2.91 bits per heavy atom. The first-order chi connectivity index (χ1) is 11.2. The topological polar surface area (TPSA) is 58.8 Å². The Morgan fingerprint density at radius 1 is 1.26 bits per heavy atom. The van der Waals surface area contributed by atoms with Crippen molar-refractivity contribution in [2.24, 2.45) is 0 Å². The van der Waals surface area contributed by atoms with Crippen LogP contribution in [0.5, 0.6) is 0 Å². The minimum atomic E-state index is 0.356. The van der Waals surface area contributed by atoms with E-state index < -0.39 is 0 Å². The smallest absolute Gasteiger partial charge is 0.141 e. The number of rotatable bonds is 4. The van der Waals surface area contributed by atoms with Gasteiger partial charge in [0.25, 0.3) is 0 Å². The second-order valence-electron chi connectivity index (χ2n) is 4.97. The van der Waals surface area contributed by atoms with Crippen LogP contribution in [0.3, 0.4) is 0 Å². The maximum absolute atomic E-state index is 9.14.